The number of hydrogen-bond donors (Lipinski definition) is 1. The zero-order valence-corrected chi connectivity index (χ0v) is 12.3. The highest BCUT2D eigenvalue weighted by molar-refractivity contribution is 5.37. The molecule has 0 fully saturated rings. The molecule has 0 radical (unpaired) electrons. The third-order valence-corrected chi connectivity index (χ3v) is 3.63. The Morgan fingerprint density at radius 1 is 0.957 bits per heavy atom. The molecule has 122 valence electrons. The Kier molecular flexibility index (Phi) is 4.43. The summed E-state index contributed by atoms with van der Waals surface area (Å²) < 4.78 is 45.8. The number of ether oxygens (including phenoxy) is 2. The van der Waals surface area contributed by atoms with Crippen LogP contribution in [0.5, 0.6) is 11.5 Å². The van der Waals surface area contributed by atoms with Crippen molar-refractivity contribution in [1.29, 1.82) is 0 Å². The van der Waals surface area contributed by atoms with Gasteiger partial charge in [0.25, 0.3) is 0 Å². The molecule has 2 aromatic rings. The molecule has 0 aromatic heterocycles. The van der Waals surface area contributed by atoms with Crippen molar-refractivity contribution in [2.75, 3.05) is 6.54 Å². The number of rotatable bonds is 4. The Hall–Kier alpha value is -2.21. The second kappa shape index (κ2) is 6.50. The van der Waals surface area contributed by atoms with Crippen LogP contribution in [-0.4, -0.2) is 12.9 Å². The van der Waals surface area contributed by atoms with Gasteiger partial charge in [0, 0.05) is 6.54 Å². The molecule has 0 spiro atoms. The van der Waals surface area contributed by atoms with Crippen LogP contribution in [0, 0.1) is 0 Å². The van der Waals surface area contributed by atoms with Gasteiger partial charge in [-0.25, -0.2) is 0 Å². The molecule has 0 atom stereocenters. The van der Waals surface area contributed by atoms with Crippen LogP contribution in [0.1, 0.15) is 16.7 Å². The molecular formula is C17H16F3NO2. The minimum absolute atomic E-state index is 0.234. The van der Waals surface area contributed by atoms with E-state index < -0.39 is 6.36 Å². The van der Waals surface area contributed by atoms with Gasteiger partial charge in [-0.2, -0.15) is 0 Å². The Bertz CT molecular complexity index is 669. The summed E-state index contributed by atoms with van der Waals surface area (Å²) in [5.41, 5.74) is 3.33. The molecular weight excluding hydrogens is 307 g/mol. The van der Waals surface area contributed by atoms with E-state index in [0.29, 0.717) is 6.61 Å². The van der Waals surface area contributed by atoms with Crippen molar-refractivity contribution in [1.82, 2.24) is 5.32 Å². The summed E-state index contributed by atoms with van der Waals surface area (Å²) in [6, 6.07) is 11.7. The molecule has 0 saturated carbocycles. The van der Waals surface area contributed by atoms with Crippen molar-refractivity contribution in [3.8, 4) is 11.5 Å². The second-order valence-corrected chi connectivity index (χ2v) is 5.34. The molecule has 2 aromatic carbocycles. The Morgan fingerprint density at radius 2 is 1.70 bits per heavy atom. The van der Waals surface area contributed by atoms with Crippen LogP contribution in [0.25, 0.3) is 0 Å². The fraction of sp³-hybridized carbons (Fsp3) is 0.294. The first-order chi connectivity index (χ1) is 11.0. The first-order valence-corrected chi connectivity index (χ1v) is 7.30. The average Bonchev–Trinajstić information content (AvgIpc) is 2.52. The van der Waals surface area contributed by atoms with Crippen LogP contribution in [0.15, 0.2) is 42.5 Å². The van der Waals surface area contributed by atoms with E-state index in [2.05, 4.69) is 10.1 Å². The number of nitrogens with one attached hydrogen (secondary N) is 1. The number of hydrogen-bond acceptors (Lipinski definition) is 3. The number of benzene rings is 2. The van der Waals surface area contributed by atoms with E-state index in [0.717, 1.165) is 30.8 Å². The van der Waals surface area contributed by atoms with Gasteiger partial charge in [0.2, 0.25) is 0 Å². The van der Waals surface area contributed by atoms with Crippen LogP contribution >= 0.6 is 0 Å². The first kappa shape index (κ1) is 15.7. The van der Waals surface area contributed by atoms with Gasteiger partial charge in [-0.05, 0) is 53.9 Å². The van der Waals surface area contributed by atoms with Crippen LogP contribution in [-0.2, 0) is 19.6 Å². The molecule has 1 N–H and O–H groups in total. The third kappa shape index (κ3) is 4.39. The van der Waals surface area contributed by atoms with Crippen LogP contribution < -0.4 is 14.8 Å². The molecule has 1 aliphatic rings. The van der Waals surface area contributed by atoms with Crippen LogP contribution in [0.2, 0.25) is 0 Å². The Morgan fingerprint density at radius 3 is 2.43 bits per heavy atom. The van der Waals surface area contributed by atoms with Gasteiger partial charge in [0.05, 0.1) is 0 Å². The molecule has 1 aliphatic heterocycles. The fourth-order valence-corrected chi connectivity index (χ4v) is 2.50. The van der Waals surface area contributed by atoms with Gasteiger partial charge in [0.1, 0.15) is 18.1 Å². The summed E-state index contributed by atoms with van der Waals surface area (Å²) in [6.45, 7) is 2.12. The maximum atomic E-state index is 12.1. The van der Waals surface area contributed by atoms with E-state index in [1.807, 2.05) is 18.2 Å². The highest BCUT2D eigenvalue weighted by atomic mass is 19.4. The zero-order chi connectivity index (χ0) is 16.3. The van der Waals surface area contributed by atoms with Crippen LogP contribution in [0.3, 0.4) is 0 Å². The van der Waals surface area contributed by atoms with Gasteiger partial charge in [-0.1, -0.05) is 18.2 Å². The average molecular weight is 323 g/mol. The number of alkyl halides is 3. The van der Waals surface area contributed by atoms with Gasteiger partial charge in [-0.3, -0.25) is 0 Å². The standard InChI is InChI=1S/C17H16F3NO2/c18-17(19,20)23-15-4-1-12(2-5-15)11-22-16-6-3-14-10-21-8-7-13(14)9-16/h1-6,9,21H,7-8,10-11H2. The Labute approximate surface area is 132 Å². The molecule has 0 saturated heterocycles. The summed E-state index contributed by atoms with van der Waals surface area (Å²) in [5.74, 6) is 0.531. The minimum Gasteiger partial charge on any atom is -0.489 e. The molecule has 6 heteroatoms. The van der Waals surface area contributed by atoms with Gasteiger partial charge in [0.15, 0.2) is 0 Å². The van der Waals surface area contributed by atoms with Crippen molar-refractivity contribution in [3.63, 3.8) is 0 Å². The lowest BCUT2D eigenvalue weighted by molar-refractivity contribution is -0.274. The van der Waals surface area contributed by atoms with E-state index in [1.54, 1.807) is 12.1 Å². The van der Waals surface area contributed by atoms with E-state index in [1.165, 1.54) is 23.3 Å². The van der Waals surface area contributed by atoms with Gasteiger partial charge >= 0.3 is 6.36 Å². The SMILES string of the molecule is FC(F)(F)Oc1ccc(COc2ccc3c(c2)CCNC3)cc1. The molecule has 0 unspecified atom stereocenters. The topological polar surface area (TPSA) is 30.5 Å². The van der Waals surface area contributed by atoms with Crippen molar-refractivity contribution < 1.29 is 22.6 Å². The molecule has 0 bridgehead atoms. The largest absolute Gasteiger partial charge is 0.573 e. The summed E-state index contributed by atoms with van der Waals surface area (Å²) in [4.78, 5) is 0. The second-order valence-electron chi connectivity index (χ2n) is 5.34. The maximum Gasteiger partial charge on any atom is 0.573 e. The van der Waals surface area contributed by atoms with E-state index in [4.69, 9.17) is 4.74 Å². The van der Waals surface area contributed by atoms with Crippen molar-refractivity contribution in [2.24, 2.45) is 0 Å². The summed E-state index contributed by atoms with van der Waals surface area (Å²) in [7, 11) is 0. The smallest absolute Gasteiger partial charge is 0.489 e. The number of halogens is 3. The van der Waals surface area contributed by atoms with E-state index >= 15 is 0 Å². The predicted octanol–water partition coefficient (Wildman–Crippen LogP) is 3.81. The summed E-state index contributed by atoms with van der Waals surface area (Å²) in [5, 5.41) is 3.31. The summed E-state index contributed by atoms with van der Waals surface area (Å²) in [6.07, 6.45) is -3.70. The molecule has 1 heterocycles. The molecule has 3 rings (SSSR count). The highest BCUT2D eigenvalue weighted by Crippen LogP contribution is 2.24. The Balaban J connectivity index is 1.60. The van der Waals surface area contributed by atoms with Crippen LogP contribution in [0.4, 0.5) is 13.2 Å². The van der Waals surface area contributed by atoms with E-state index in [9.17, 15) is 13.2 Å². The lowest BCUT2D eigenvalue weighted by atomic mass is 10.0. The molecule has 0 aliphatic carbocycles. The van der Waals surface area contributed by atoms with Gasteiger partial charge in [-0.15, -0.1) is 13.2 Å². The quantitative estimate of drug-likeness (QED) is 0.928. The first-order valence-electron chi connectivity index (χ1n) is 7.30. The van der Waals surface area contributed by atoms with Crippen molar-refractivity contribution in [2.45, 2.75) is 25.9 Å². The number of fused-ring (bicyclic) bond motifs is 1. The van der Waals surface area contributed by atoms with E-state index in [-0.39, 0.29) is 5.75 Å². The maximum absolute atomic E-state index is 12.1. The molecule has 23 heavy (non-hydrogen) atoms. The third-order valence-electron chi connectivity index (χ3n) is 3.63. The van der Waals surface area contributed by atoms with Gasteiger partial charge < -0.3 is 14.8 Å². The fourth-order valence-electron chi connectivity index (χ4n) is 2.50. The van der Waals surface area contributed by atoms with Crippen molar-refractivity contribution in [3.05, 3.63) is 59.2 Å². The monoisotopic (exact) mass is 323 g/mol. The lowest BCUT2D eigenvalue weighted by Crippen LogP contribution is -2.23. The lowest BCUT2D eigenvalue weighted by Gasteiger charge is -2.18. The highest BCUT2D eigenvalue weighted by Gasteiger charge is 2.30. The minimum atomic E-state index is -4.67. The molecule has 3 nitrogen and oxygen atoms in total. The zero-order valence-electron chi connectivity index (χ0n) is 12.3. The van der Waals surface area contributed by atoms with Crippen molar-refractivity contribution >= 4 is 0 Å². The normalized spacial score (nSPS) is 14.2. The summed E-state index contributed by atoms with van der Waals surface area (Å²) >= 11 is 0. The predicted molar refractivity (Wildman–Crippen MR) is 79.3 cm³/mol. The molecule has 0 amide bonds.